The molecule has 0 bridgehead atoms. The summed E-state index contributed by atoms with van der Waals surface area (Å²) < 4.78 is 16.5. The molecule has 1 aromatic carbocycles. The standard InChI is InChI=1S/C20H24N4O3/c1-13-9-19(27-23-13)17-5-4-8-24(17)12-14-11-21-22-20(14)16-10-15(25-2)6-7-18(16)26-3/h6-7,9-11,17H,4-5,8,12H2,1-3H3,(H,21,22)/t17-/m1/s1. The maximum atomic E-state index is 5.55. The molecule has 1 saturated heterocycles. The predicted octanol–water partition coefficient (Wildman–Crippen LogP) is 3.73. The van der Waals surface area contributed by atoms with E-state index in [1.807, 2.05) is 37.4 Å². The van der Waals surface area contributed by atoms with E-state index in [1.54, 1.807) is 14.2 Å². The maximum Gasteiger partial charge on any atom is 0.154 e. The molecule has 0 saturated carbocycles. The van der Waals surface area contributed by atoms with Gasteiger partial charge in [-0.15, -0.1) is 0 Å². The Labute approximate surface area is 158 Å². The van der Waals surface area contributed by atoms with E-state index in [2.05, 4.69) is 20.3 Å². The second-order valence-electron chi connectivity index (χ2n) is 6.84. The normalized spacial score (nSPS) is 17.4. The lowest BCUT2D eigenvalue weighted by Crippen LogP contribution is -2.22. The zero-order chi connectivity index (χ0) is 18.8. The van der Waals surface area contributed by atoms with E-state index in [0.717, 1.165) is 65.7 Å². The largest absolute Gasteiger partial charge is 0.497 e. The topological polar surface area (TPSA) is 76.4 Å². The van der Waals surface area contributed by atoms with Crippen molar-refractivity contribution in [3.63, 3.8) is 0 Å². The summed E-state index contributed by atoms with van der Waals surface area (Å²) >= 11 is 0. The van der Waals surface area contributed by atoms with Crippen molar-refractivity contribution in [3.05, 3.63) is 47.5 Å². The number of likely N-dealkylation sites (tertiary alicyclic amines) is 1. The lowest BCUT2D eigenvalue weighted by Gasteiger charge is -2.22. The summed E-state index contributed by atoms with van der Waals surface area (Å²) in [6, 6.07) is 8.05. The van der Waals surface area contributed by atoms with Crippen molar-refractivity contribution in [1.29, 1.82) is 0 Å². The Bertz CT molecular complexity index is 918. The van der Waals surface area contributed by atoms with Gasteiger partial charge in [-0.1, -0.05) is 5.16 Å². The first-order valence-electron chi connectivity index (χ1n) is 9.11. The van der Waals surface area contributed by atoms with Gasteiger partial charge < -0.3 is 14.0 Å². The molecule has 0 amide bonds. The third-order valence-corrected chi connectivity index (χ3v) is 5.11. The third kappa shape index (κ3) is 3.42. The van der Waals surface area contributed by atoms with Gasteiger partial charge in [-0.05, 0) is 44.5 Å². The molecule has 1 aliphatic heterocycles. The second kappa shape index (κ2) is 7.44. The fourth-order valence-corrected chi connectivity index (χ4v) is 3.77. The molecule has 1 N–H and O–H groups in total. The van der Waals surface area contributed by atoms with Crippen LogP contribution in [0.1, 0.15) is 35.9 Å². The molecule has 1 aliphatic rings. The van der Waals surface area contributed by atoms with Gasteiger partial charge >= 0.3 is 0 Å². The Kier molecular flexibility index (Phi) is 4.85. The molecular weight excluding hydrogens is 344 g/mol. The lowest BCUT2D eigenvalue weighted by molar-refractivity contribution is 0.207. The van der Waals surface area contributed by atoms with Crippen molar-refractivity contribution in [2.45, 2.75) is 32.4 Å². The van der Waals surface area contributed by atoms with Crippen LogP contribution in [0.4, 0.5) is 0 Å². The zero-order valence-corrected chi connectivity index (χ0v) is 15.9. The van der Waals surface area contributed by atoms with Crippen LogP contribution in [-0.4, -0.2) is 41.0 Å². The number of nitrogens with zero attached hydrogens (tertiary/aromatic N) is 3. The lowest BCUT2D eigenvalue weighted by atomic mass is 10.1. The zero-order valence-electron chi connectivity index (χ0n) is 15.9. The summed E-state index contributed by atoms with van der Waals surface area (Å²) in [7, 11) is 3.33. The number of hydrogen-bond acceptors (Lipinski definition) is 6. The molecule has 27 heavy (non-hydrogen) atoms. The summed E-state index contributed by atoms with van der Waals surface area (Å²) in [5, 5.41) is 11.5. The minimum Gasteiger partial charge on any atom is -0.497 e. The number of benzene rings is 1. The highest BCUT2D eigenvalue weighted by Crippen LogP contribution is 2.37. The summed E-state index contributed by atoms with van der Waals surface area (Å²) in [6.45, 7) is 3.75. The van der Waals surface area contributed by atoms with E-state index < -0.39 is 0 Å². The van der Waals surface area contributed by atoms with Crippen molar-refractivity contribution in [1.82, 2.24) is 20.3 Å². The van der Waals surface area contributed by atoms with Gasteiger partial charge in [0.05, 0.1) is 37.8 Å². The molecule has 0 aliphatic carbocycles. The van der Waals surface area contributed by atoms with Gasteiger partial charge in [0.15, 0.2) is 5.76 Å². The van der Waals surface area contributed by atoms with Crippen LogP contribution in [0.25, 0.3) is 11.3 Å². The molecule has 7 nitrogen and oxygen atoms in total. The van der Waals surface area contributed by atoms with Crippen LogP contribution in [0.15, 0.2) is 35.0 Å². The molecule has 1 fully saturated rings. The van der Waals surface area contributed by atoms with E-state index in [-0.39, 0.29) is 6.04 Å². The molecule has 0 radical (unpaired) electrons. The number of methoxy groups -OCH3 is 2. The Morgan fingerprint density at radius 3 is 2.89 bits per heavy atom. The van der Waals surface area contributed by atoms with Gasteiger partial charge in [-0.2, -0.15) is 5.10 Å². The SMILES string of the molecule is COc1ccc(OC)c(-c2[nH]ncc2CN2CCC[C@@H]2c2cc(C)no2)c1. The average molecular weight is 368 g/mol. The van der Waals surface area contributed by atoms with E-state index in [1.165, 1.54) is 0 Å². The van der Waals surface area contributed by atoms with Crippen LogP contribution in [0, 0.1) is 6.92 Å². The molecule has 1 atom stereocenters. The fraction of sp³-hybridized carbons (Fsp3) is 0.400. The highest BCUT2D eigenvalue weighted by atomic mass is 16.5. The Morgan fingerprint density at radius 2 is 2.15 bits per heavy atom. The molecule has 7 heteroatoms. The van der Waals surface area contributed by atoms with Crippen LogP contribution in [0.5, 0.6) is 11.5 Å². The number of ether oxygens (including phenoxy) is 2. The van der Waals surface area contributed by atoms with Crippen LogP contribution in [-0.2, 0) is 6.54 Å². The van der Waals surface area contributed by atoms with Crippen molar-refractivity contribution in [3.8, 4) is 22.8 Å². The minimum atomic E-state index is 0.251. The second-order valence-corrected chi connectivity index (χ2v) is 6.84. The monoisotopic (exact) mass is 368 g/mol. The molecule has 4 rings (SSSR count). The molecule has 3 aromatic rings. The maximum absolute atomic E-state index is 5.55. The van der Waals surface area contributed by atoms with Gasteiger partial charge in [0, 0.05) is 23.7 Å². The average Bonchev–Trinajstić information content (AvgIpc) is 3.42. The van der Waals surface area contributed by atoms with E-state index in [0.29, 0.717) is 0 Å². The number of H-pyrrole nitrogens is 1. The number of hydrogen-bond donors (Lipinski definition) is 1. The number of nitrogens with one attached hydrogen (secondary N) is 1. The molecule has 142 valence electrons. The predicted molar refractivity (Wildman–Crippen MR) is 101 cm³/mol. The summed E-state index contributed by atoms with van der Waals surface area (Å²) in [6.07, 6.45) is 4.10. The first-order valence-corrected chi connectivity index (χ1v) is 9.11. The fourth-order valence-electron chi connectivity index (χ4n) is 3.77. The van der Waals surface area contributed by atoms with E-state index in [9.17, 15) is 0 Å². The molecule has 2 aromatic heterocycles. The highest BCUT2D eigenvalue weighted by Gasteiger charge is 2.30. The van der Waals surface area contributed by atoms with Gasteiger partial charge in [0.2, 0.25) is 0 Å². The van der Waals surface area contributed by atoms with Crippen molar-refractivity contribution < 1.29 is 14.0 Å². The first kappa shape index (κ1) is 17.6. The first-order chi connectivity index (χ1) is 13.2. The van der Waals surface area contributed by atoms with Gasteiger partial charge in [0.1, 0.15) is 11.5 Å². The molecular formula is C20H24N4O3. The smallest absolute Gasteiger partial charge is 0.154 e. The van der Waals surface area contributed by atoms with E-state index in [4.69, 9.17) is 14.0 Å². The third-order valence-electron chi connectivity index (χ3n) is 5.11. The number of aryl methyl sites for hydroxylation is 1. The van der Waals surface area contributed by atoms with Gasteiger partial charge in [0.25, 0.3) is 0 Å². The number of aromatic nitrogens is 3. The van der Waals surface area contributed by atoms with Crippen LogP contribution < -0.4 is 9.47 Å². The Morgan fingerprint density at radius 1 is 1.26 bits per heavy atom. The summed E-state index contributed by atoms with van der Waals surface area (Å²) in [5.74, 6) is 2.50. The highest BCUT2D eigenvalue weighted by molar-refractivity contribution is 5.71. The Balaban J connectivity index is 1.63. The van der Waals surface area contributed by atoms with Crippen LogP contribution in [0.2, 0.25) is 0 Å². The number of rotatable bonds is 6. The van der Waals surface area contributed by atoms with Gasteiger partial charge in [-0.25, -0.2) is 0 Å². The van der Waals surface area contributed by atoms with Crippen molar-refractivity contribution in [2.75, 3.05) is 20.8 Å². The number of aromatic amines is 1. The Hall–Kier alpha value is -2.80. The van der Waals surface area contributed by atoms with Crippen molar-refractivity contribution >= 4 is 0 Å². The quantitative estimate of drug-likeness (QED) is 0.714. The van der Waals surface area contributed by atoms with Crippen LogP contribution in [0.3, 0.4) is 0 Å². The molecule has 0 spiro atoms. The molecule has 3 heterocycles. The minimum absolute atomic E-state index is 0.251. The van der Waals surface area contributed by atoms with Gasteiger partial charge in [-0.3, -0.25) is 10.00 Å². The van der Waals surface area contributed by atoms with E-state index >= 15 is 0 Å². The summed E-state index contributed by atoms with van der Waals surface area (Å²) in [4.78, 5) is 2.42. The molecule has 0 unspecified atom stereocenters. The van der Waals surface area contributed by atoms with Crippen molar-refractivity contribution in [2.24, 2.45) is 0 Å². The summed E-state index contributed by atoms with van der Waals surface area (Å²) in [5.41, 5.74) is 3.92. The van der Waals surface area contributed by atoms with Crippen LogP contribution >= 0.6 is 0 Å².